The minimum absolute atomic E-state index is 0.114. The number of benzene rings is 1. The van der Waals surface area contributed by atoms with Crippen LogP contribution in [-0.2, 0) is 16.0 Å². The maximum atomic E-state index is 10.8. The molecule has 0 aliphatic carbocycles. The van der Waals surface area contributed by atoms with Crippen molar-refractivity contribution in [3.63, 3.8) is 0 Å². The topological polar surface area (TPSA) is 86.6 Å². The molecule has 1 atom stereocenters. The first-order valence-corrected chi connectivity index (χ1v) is 5.79. The molecule has 0 aliphatic heterocycles. The lowest BCUT2D eigenvalue weighted by Gasteiger charge is -2.14. The summed E-state index contributed by atoms with van der Waals surface area (Å²) in [7, 11) is 0. The van der Waals surface area contributed by atoms with Crippen molar-refractivity contribution in [3.05, 3.63) is 29.8 Å². The molecule has 5 nitrogen and oxygen atoms in total. The molecule has 0 aromatic heterocycles. The summed E-state index contributed by atoms with van der Waals surface area (Å²) in [5.74, 6) is -1.74. The molecule has 1 unspecified atom stereocenters. The van der Waals surface area contributed by atoms with Crippen LogP contribution < -0.4 is 5.32 Å². The molecule has 5 heteroatoms. The lowest BCUT2D eigenvalue weighted by molar-refractivity contribution is -0.138. The Labute approximate surface area is 105 Å². The van der Waals surface area contributed by atoms with E-state index in [1.54, 1.807) is 13.0 Å². The number of carboxylic acids is 2. The van der Waals surface area contributed by atoms with Gasteiger partial charge in [-0.15, -0.1) is 0 Å². The highest BCUT2D eigenvalue weighted by Gasteiger charge is 2.12. The lowest BCUT2D eigenvalue weighted by Crippen LogP contribution is -2.25. The maximum Gasteiger partial charge on any atom is 0.325 e. The first-order chi connectivity index (χ1) is 8.50. The third-order valence-corrected chi connectivity index (χ3v) is 2.60. The summed E-state index contributed by atoms with van der Waals surface area (Å²) < 4.78 is 0. The van der Waals surface area contributed by atoms with Crippen molar-refractivity contribution in [3.8, 4) is 0 Å². The highest BCUT2D eigenvalue weighted by atomic mass is 16.4. The zero-order valence-corrected chi connectivity index (χ0v) is 10.2. The van der Waals surface area contributed by atoms with Gasteiger partial charge >= 0.3 is 11.9 Å². The van der Waals surface area contributed by atoms with E-state index in [-0.39, 0.29) is 6.42 Å². The summed E-state index contributed by atoms with van der Waals surface area (Å²) in [6, 6.07) is 6.67. The van der Waals surface area contributed by atoms with E-state index in [0.717, 1.165) is 11.3 Å². The Kier molecular flexibility index (Phi) is 5.17. The van der Waals surface area contributed by atoms with Gasteiger partial charge in [0, 0.05) is 12.1 Å². The van der Waals surface area contributed by atoms with Crippen molar-refractivity contribution in [2.75, 3.05) is 5.32 Å². The molecule has 3 N–H and O–H groups in total. The third-order valence-electron chi connectivity index (χ3n) is 2.60. The molecule has 0 radical (unpaired) electrons. The van der Waals surface area contributed by atoms with Crippen molar-refractivity contribution < 1.29 is 19.8 Å². The van der Waals surface area contributed by atoms with E-state index in [2.05, 4.69) is 5.32 Å². The van der Waals surface area contributed by atoms with E-state index in [1.807, 2.05) is 18.2 Å². The number of rotatable bonds is 7. The van der Waals surface area contributed by atoms with Crippen LogP contribution in [0.15, 0.2) is 24.3 Å². The molecular weight excluding hydrogens is 234 g/mol. The molecule has 0 bridgehead atoms. The van der Waals surface area contributed by atoms with Crippen molar-refractivity contribution in [2.24, 2.45) is 0 Å². The number of aryl methyl sites for hydroxylation is 1. The molecule has 98 valence electrons. The summed E-state index contributed by atoms with van der Waals surface area (Å²) in [6.07, 6.45) is 1.26. The predicted molar refractivity (Wildman–Crippen MR) is 67.7 cm³/mol. The van der Waals surface area contributed by atoms with Gasteiger partial charge in [-0.2, -0.15) is 0 Å². The van der Waals surface area contributed by atoms with Gasteiger partial charge < -0.3 is 15.5 Å². The zero-order chi connectivity index (χ0) is 13.5. The minimum Gasteiger partial charge on any atom is -0.481 e. The van der Waals surface area contributed by atoms with Crippen LogP contribution in [0.4, 0.5) is 5.69 Å². The maximum absolute atomic E-state index is 10.8. The molecule has 0 spiro atoms. The predicted octanol–water partition coefficient (Wildman–Crippen LogP) is 1.98. The van der Waals surface area contributed by atoms with Gasteiger partial charge in [-0.3, -0.25) is 9.59 Å². The molecule has 1 aromatic rings. The number of hydrogen-bond acceptors (Lipinski definition) is 3. The molecule has 0 saturated carbocycles. The van der Waals surface area contributed by atoms with E-state index in [0.29, 0.717) is 12.8 Å². The Morgan fingerprint density at radius 2 is 1.94 bits per heavy atom. The molecule has 0 aliphatic rings. The van der Waals surface area contributed by atoms with Gasteiger partial charge in [0.2, 0.25) is 0 Å². The Morgan fingerprint density at radius 3 is 2.56 bits per heavy atom. The van der Waals surface area contributed by atoms with Crippen molar-refractivity contribution in [2.45, 2.75) is 32.2 Å². The summed E-state index contributed by atoms with van der Waals surface area (Å²) in [4.78, 5) is 21.2. The van der Waals surface area contributed by atoms with Crippen molar-refractivity contribution in [1.82, 2.24) is 0 Å². The average Bonchev–Trinajstić information content (AvgIpc) is 2.30. The van der Waals surface area contributed by atoms with Gasteiger partial charge in [-0.05, 0) is 31.4 Å². The van der Waals surface area contributed by atoms with Gasteiger partial charge in [0.15, 0.2) is 0 Å². The minimum atomic E-state index is -0.921. The highest BCUT2D eigenvalue weighted by Crippen LogP contribution is 2.18. The monoisotopic (exact) mass is 251 g/mol. The van der Waals surface area contributed by atoms with Gasteiger partial charge in [0.1, 0.15) is 6.04 Å². The number of aliphatic carboxylic acids is 2. The molecule has 1 aromatic carbocycles. The second-order valence-electron chi connectivity index (χ2n) is 4.11. The second kappa shape index (κ2) is 6.64. The van der Waals surface area contributed by atoms with Gasteiger partial charge in [-0.25, -0.2) is 0 Å². The van der Waals surface area contributed by atoms with E-state index < -0.39 is 18.0 Å². The summed E-state index contributed by atoms with van der Waals surface area (Å²) in [5, 5.41) is 20.3. The SMILES string of the molecule is CC(Nc1ccccc1CCCC(=O)O)C(=O)O. The van der Waals surface area contributed by atoms with Gasteiger partial charge in [0.05, 0.1) is 0 Å². The Morgan fingerprint density at radius 1 is 1.28 bits per heavy atom. The van der Waals surface area contributed by atoms with Crippen LogP contribution in [0.25, 0.3) is 0 Å². The molecule has 0 heterocycles. The fourth-order valence-corrected chi connectivity index (χ4v) is 1.60. The summed E-state index contributed by atoms with van der Waals surface area (Å²) in [5.41, 5.74) is 1.68. The van der Waals surface area contributed by atoms with Gasteiger partial charge in [0.25, 0.3) is 0 Å². The van der Waals surface area contributed by atoms with Crippen LogP contribution in [-0.4, -0.2) is 28.2 Å². The summed E-state index contributed by atoms with van der Waals surface area (Å²) >= 11 is 0. The Bertz CT molecular complexity index is 431. The fourth-order valence-electron chi connectivity index (χ4n) is 1.60. The van der Waals surface area contributed by atoms with Crippen LogP contribution in [0.2, 0.25) is 0 Å². The zero-order valence-electron chi connectivity index (χ0n) is 10.2. The van der Waals surface area contributed by atoms with Crippen molar-refractivity contribution in [1.29, 1.82) is 0 Å². The van der Waals surface area contributed by atoms with E-state index >= 15 is 0 Å². The summed E-state index contributed by atoms with van der Waals surface area (Å²) in [6.45, 7) is 1.57. The van der Waals surface area contributed by atoms with Gasteiger partial charge in [-0.1, -0.05) is 18.2 Å². The lowest BCUT2D eigenvalue weighted by atomic mass is 10.1. The molecular formula is C13H17NO4. The van der Waals surface area contributed by atoms with Crippen LogP contribution in [0, 0.1) is 0 Å². The molecule has 1 rings (SSSR count). The number of anilines is 1. The molecule has 0 saturated heterocycles. The largest absolute Gasteiger partial charge is 0.481 e. The van der Waals surface area contributed by atoms with Crippen LogP contribution in [0.3, 0.4) is 0 Å². The Hall–Kier alpha value is -2.04. The number of carbonyl (C=O) groups is 2. The van der Waals surface area contributed by atoms with E-state index in [9.17, 15) is 9.59 Å². The number of nitrogens with one attached hydrogen (secondary N) is 1. The fraction of sp³-hybridized carbons (Fsp3) is 0.385. The average molecular weight is 251 g/mol. The molecule has 18 heavy (non-hydrogen) atoms. The quantitative estimate of drug-likeness (QED) is 0.689. The van der Waals surface area contributed by atoms with E-state index in [1.165, 1.54) is 0 Å². The molecule has 0 amide bonds. The Balaban J connectivity index is 2.67. The van der Waals surface area contributed by atoms with Crippen molar-refractivity contribution >= 4 is 17.6 Å². The van der Waals surface area contributed by atoms with E-state index in [4.69, 9.17) is 10.2 Å². The highest BCUT2D eigenvalue weighted by molar-refractivity contribution is 5.77. The van der Waals surface area contributed by atoms with Crippen LogP contribution >= 0.6 is 0 Å². The molecule has 0 fully saturated rings. The number of hydrogen-bond donors (Lipinski definition) is 3. The smallest absolute Gasteiger partial charge is 0.325 e. The first-order valence-electron chi connectivity index (χ1n) is 5.79. The number of para-hydroxylation sites is 1. The number of carboxylic acid groups (broad SMARTS) is 2. The third kappa shape index (κ3) is 4.45. The first kappa shape index (κ1) is 14.0. The second-order valence-corrected chi connectivity index (χ2v) is 4.11. The van der Waals surface area contributed by atoms with Crippen LogP contribution in [0.5, 0.6) is 0 Å². The van der Waals surface area contributed by atoms with Crippen LogP contribution in [0.1, 0.15) is 25.3 Å². The standard InChI is InChI=1S/C13H17NO4/c1-9(13(17)18)14-11-7-3-2-5-10(11)6-4-8-12(15)16/h2-3,5,7,9,14H,4,6,8H2,1H3,(H,15,16)(H,17,18). The normalized spacial score (nSPS) is 11.8.